The van der Waals surface area contributed by atoms with Gasteiger partial charge in [-0.15, -0.1) is 0 Å². The Bertz CT molecular complexity index is 837. The molecule has 1 N–H and O–H groups in total. The zero-order chi connectivity index (χ0) is 22.5. The SMILES string of the molecule is CCN1CCN(C(=O)C(C)OC(=O)C(NS(=O)(=O)c2ccc(Cl)cc2)C(C)C)CC1. The van der Waals surface area contributed by atoms with Crippen LogP contribution in [0, 0.1) is 5.92 Å². The van der Waals surface area contributed by atoms with E-state index in [0.29, 0.717) is 18.1 Å². The summed E-state index contributed by atoms with van der Waals surface area (Å²) in [5, 5.41) is 0.404. The van der Waals surface area contributed by atoms with Crippen LogP contribution in [0.2, 0.25) is 5.02 Å². The molecule has 1 amide bonds. The minimum atomic E-state index is -3.96. The number of ether oxygens (including phenoxy) is 1. The van der Waals surface area contributed by atoms with Gasteiger partial charge in [-0.2, -0.15) is 4.72 Å². The van der Waals surface area contributed by atoms with Crippen LogP contribution in [0.25, 0.3) is 0 Å². The van der Waals surface area contributed by atoms with Gasteiger partial charge in [0.1, 0.15) is 6.04 Å². The number of carbonyl (C=O) groups is 2. The lowest BCUT2D eigenvalue weighted by Gasteiger charge is -2.35. The fourth-order valence-electron chi connectivity index (χ4n) is 3.14. The van der Waals surface area contributed by atoms with Crippen molar-refractivity contribution in [2.24, 2.45) is 5.92 Å². The smallest absolute Gasteiger partial charge is 0.325 e. The Hall–Kier alpha value is -1.68. The van der Waals surface area contributed by atoms with Crippen molar-refractivity contribution in [2.45, 2.75) is 44.7 Å². The first kappa shape index (κ1) is 24.6. The number of amides is 1. The summed E-state index contributed by atoms with van der Waals surface area (Å²) in [5.41, 5.74) is 0. The van der Waals surface area contributed by atoms with Crippen molar-refractivity contribution >= 4 is 33.5 Å². The lowest BCUT2D eigenvalue weighted by atomic mass is 10.1. The number of nitrogens with zero attached hydrogens (tertiary/aromatic N) is 2. The Morgan fingerprint density at radius 1 is 1.10 bits per heavy atom. The highest BCUT2D eigenvalue weighted by atomic mass is 35.5. The fourth-order valence-corrected chi connectivity index (χ4v) is 4.60. The van der Waals surface area contributed by atoms with E-state index < -0.39 is 28.1 Å². The minimum Gasteiger partial charge on any atom is -0.451 e. The highest BCUT2D eigenvalue weighted by Gasteiger charge is 2.33. The molecule has 2 unspecified atom stereocenters. The lowest BCUT2D eigenvalue weighted by Crippen LogP contribution is -2.52. The molecule has 1 fully saturated rings. The molecule has 1 aromatic carbocycles. The van der Waals surface area contributed by atoms with E-state index in [-0.39, 0.29) is 16.7 Å². The number of esters is 1. The van der Waals surface area contributed by atoms with Crippen LogP contribution in [-0.2, 0) is 24.3 Å². The fraction of sp³-hybridized carbons (Fsp3) is 0.600. The van der Waals surface area contributed by atoms with E-state index in [0.717, 1.165) is 19.6 Å². The topological polar surface area (TPSA) is 96.0 Å². The van der Waals surface area contributed by atoms with Crippen molar-refractivity contribution in [1.82, 2.24) is 14.5 Å². The van der Waals surface area contributed by atoms with Gasteiger partial charge in [0.15, 0.2) is 6.10 Å². The van der Waals surface area contributed by atoms with Crippen LogP contribution in [0.5, 0.6) is 0 Å². The quantitative estimate of drug-likeness (QED) is 0.595. The number of sulfonamides is 1. The second-order valence-corrected chi connectivity index (χ2v) is 9.79. The van der Waals surface area contributed by atoms with Crippen LogP contribution in [-0.4, -0.2) is 75.0 Å². The molecule has 10 heteroatoms. The summed E-state index contributed by atoms with van der Waals surface area (Å²) >= 11 is 5.81. The molecule has 1 saturated heterocycles. The molecule has 0 aliphatic carbocycles. The van der Waals surface area contributed by atoms with Crippen LogP contribution in [0.4, 0.5) is 0 Å². The Morgan fingerprint density at radius 3 is 2.17 bits per heavy atom. The van der Waals surface area contributed by atoms with E-state index in [1.165, 1.54) is 31.2 Å². The summed E-state index contributed by atoms with van der Waals surface area (Å²) in [4.78, 5) is 29.2. The average Bonchev–Trinajstić information content (AvgIpc) is 2.71. The molecule has 30 heavy (non-hydrogen) atoms. The first-order chi connectivity index (χ1) is 14.0. The summed E-state index contributed by atoms with van der Waals surface area (Å²) in [6, 6.07) is 4.50. The van der Waals surface area contributed by atoms with Crippen LogP contribution >= 0.6 is 11.6 Å². The van der Waals surface area contributed by atoms with E-state index in [4.69, 9.17) is 16.3 Å². The van der Waals surface area contributed by atoms with Gasteiger partial charge in [0.05, 0.1) is 4.90 Å². The predicted octanol–water partition coefficient (Wildman–Crippen LogP) is 1.74. The second kappa shape index (κ2) is 10.6. The molecule has 1 heterocycles. The van der Waals surface area contributed by atoms with E-state index >= 15 is 0 Å². The number of hydrogen-bond acceptors (Lipinski definition) is 6. The number of carbonyl (C=O) groups excluding carboxylic acids is 2. The molecule has 1 aromatic rings. The number of halogens is 1. The molecule has 1 aliphatic heterocycles. The number of hydrogen-bond donors (Lipinski definition) is 1. The summed E-state index contributed by atoms with van der Waals surface area (Å²) < 4.78 is 33.0. The second-order valence-electron chi connectivity index (χ2n) is 7.64. The Balaban J connectivity index is 2.02. The third kappa shape index (κ3) is 6.41. The summed E-state index contributed by atoms with van der Waals surface area (Å²) in [6.07, 6.45) is -0.994. The van der Waals surface area contributed by atoms with Gasteiger partial charge >= 0.3 is 5.97 Å². The maximum absolute atomic E-state index is 12.7. The summed E-state index contributed by atoms with van der Waals surface area (Å²) in [7, 11) is -3.96. The zero-order valence-electron chi connectivity index (χ0n) is 17.8. The van der Waals surface area contributed by atoms with Crippen molar-refractivity contribution < 1.29 is 22.7 Å². The molecule has 0 spiro atoms. The van der Waals surface area contributed by atoms with E-state index in [1.807, 2.05) is 0 Å². The first-order valence-electron chi connectivity index (χ1n) is 10.0. The van der Waals surface area contributed by atoms with Crippen LogP contribution in [0.3, 0.4) is 0 Å². The van der Waals surface area contributed by atoms with Crippen molar-refractivity contribution in [1.29, 1.82) is 0 Å². The third-order valence-electron chi connectivity index (χ3n) is 5.10. The number of likely N-dealkylation sites (N-methyl/N-ethyl adjacent to an activating group) is 1. The largest absolute Gasteiger partial charge is 0.451 e. The number of benzene rings is 1. The van der Waals surface area contributed by atoms with Gasteiger partial charge in [0.2, 0.25) is 10.0 Å². The highest BCUT2D eigenvalue weighted by molar-refractivity contribution is 7.89. The third-order valence-corrected chi connectivity index (χ3v) is 6.81. The maximum Gasteiger partial charge on any atom is 0.325 e. The van der Waals surface area contributed by atoms with Crippen LogP contribution in [0.15, 0.2) is 29.2 Å². The van der Waals surface area contributed by atoms with Crippen molar-refractivity contribution in [3.8, 4) is 0 Å². The monoisotopic (exact) mass is 459 g/mol. The summed E-state index contributed by atoms with van der Waals surface area (Å²) in [5.74, 6) is -1.44. The minimum absolute atomic E-state index is 0.0109. The average molecular weight is 460 g/mol. The molecule has 0 bridgehead atoms. The summed E-state index contributed by atoms with van der Waals surface area (Å²) in [6.45, 7) is 10.6. The number of rotatable bonds is 8. The van der Waals surface area contributed by atoms with Gasteiger partial charge in [-0.05, 0) is 43.7 Å². The first-order valence-corrected chi connectivity index (χ1v) is 11.9. The molecule has 8 nitrogen and oxygen atoms in total. The molecule has 0 aromatic heterocycles. The Labute approximate surface area is 183 Å². The molecule has 0 saturated carbocycles. The molecule has 1 aliphatic rings. The highest BCUT2D eigenvalue weighted by Crippen LogP contribution is 2.17. The van der Waals surface area contributed by atoms with Gasteiger partial charge in [0, 0.05) is 31.2 Å². The normalized spacial score (nSPS) is 17.6. The lowest BCUT2D eigenvalue weighted by molar-refractivity contribution is -0.162. The van der Waals surface area contributed by atoms with Crippen LogP contribution < -0.4 is 4.72 Å². The van der Waals surface area contributed by atoms with E-state index in [1.54, 1.807) is 18.7 Å². The van der Waals surface area contributed by atoms with Crippen molar-refractivity contribution in [3.05, 3.63) is 29.3 Å². The van der Waals surface area contributed by atoms with Crippen molar-refractivity contribution in [2.75, 3.05) is 32.7 Å². The van der Waals surface area contributed by atoms with Gasteiger partial charge in [-0.25, -0.2) is 8.42 Å². The maximum atomic E-state index is 12.7. The molecule has 2 atom stereocenters. The molecular weight excluding hydrogens is 430 g/mol. The molecular formula is C20H30ClN3O5S. The van der Waals surface area contributed by atoms with Gasteiger partial charge in [-0.1, -0.05) is 32.4 Å². The van der Waals surface area contributed by atoms with Gasteiger partial charge < -0.3 is 14.5 Å². The van der Waals surface area contributed by atoms with Crippen LogP contribution in [0.1, 0.15) is 27.7 Å². The Morgan fingerprint density at radius 2 is 1.67 bits per heavy atom. The molecule has 0 radical (unpaired) electrons. The van der Waals surface area contributed by atoms with Crippen molar-refractivity contribution in [3.63, 3.8) is 0 Å². The van der Waals surface area contributed by atoms with Gasteiger partial charge in [0.25, 0.3) is 5.91 Å². The standard InChI is InChI=1S/C20H30ClN3O5S/c1-5-23-10-12-24(13-11-23)19(25)15(4)29-20(26)18(14(2)3)22-30(27,28)17-8-6-16(21)7-9-17/h6-9,14-15,18,22H,5,10-13H2,1-4H3. The molecule has 2 rings (SSSR count). The van der Waals surface area contributed by atoms with E-state index in [9.17, 15) is 18.0 Å². The predicted molar refractivity (Wildman–Crippen MR) is 115 cm³/mol. The molecule has 168 valence electrons. The Kier molecular flexibility index (Phi) is 8.66. The number of nitrogens with one attached hydrogen (secondary N) is 1. The van der Waals surface area contributed by atoms with Gasteiger partial charge in [-0.3, -0.25) is 9.59 Å². The number of piperazine rings is 1. The zero-order valence-corrected chi connectivity index (χ0v) is 19.4. The van der Waals surface area contributed by atoms with E-state index in [2.05, 4.69) is 16.5 Å².